The number of rotatable bonds is 9. The maximum atomic E-state index is 12.0. The molecule has 0 aromatic heterocycles. The molecule has 1 fully saturated rings. The number of carbonyl (C=O) groups excluding carboxylic acids is 2. The quantitative estimate of drug-likeness (QED) is 0.437. The van der Waals surface area contributed by atoms with Gasteiger partial charge in [-0.25, -0.2) is 4.79 Å². The predicted molar refractivity (Wildman–Crippen MR) is 96.4 cm³/mol. The van der Waals surface area contributed by atoms with Crippen LogP contribution in [0.1, 0.15) is 39.5 Å². The molecule has 3 atom stereocenters. The SMILES string of the molecule is CC(C)NC(=O)N[C@H]1CC[C@H](CC(=O)NCCCN(C)C)O[C@H]1CO. The summed E-state index contributed by atoms with van der Waals surface area (Å²) in [5.74, 6) is -0.0376. The Morgan fingerprint density at radius 2 is 2.00 bits per heavy atom. The van der Waals surface area contributed by atoms with E-state index in [9.17, 15) is 14.7 Å². The van der Waals surface area contributed by atoms with Crippen molar-refractivity contribution in [2.75, 3.05) is 33.8 Å². The Kier molecular flexibility index (Phi) is 9.77. The highest BCUT2D eigenvalue weighted by atomic mass is 16.5. The number of hydrogen-bond acceptors (Lipinski definition) is 5. The minimum atomic E-state index is -0.488. The van der Waals surface area contributed by atoms with Crippen LogP contribution in [0, 0.1) is 0 Å². The number of hydrogen-bond donors (Lipinski definition) is 4. The highest BCUT2D eigenvalue weighted by molar-refractivity contribution is 5.76. The molecule has 0 saturated carbocycles. The van der Waals surface area contributed by atoms with Crippen LogP contribution in [0.15, 0.2) is 0 Å². The monoisotopic (exact) mass is 358 g/mol. The number of carbonyl (C=O) groups is 2. The Balaban J connectivity index is 2.34. The highest BCUT2D eigenvalue weighted by Crippen LogP contribution is 2.21. The summed E-state index contributed by atoms with van der Waals surface area (Å²) < 4.78 is 5.81. The van der Waals surface area contributed by atoms with Crippen LogP contribution in [0.25, 0.3) is 0 Å². The van der Waals surface area contributed by atoms with Gasteiger partial charge in [-0.15, -0.1) is 0 Å². The third-order valence-corrected chi connectivity index (χ3v) is 4.05. The van der Waals surface area contributed by atoms with Gasteiger partial charge in [-0.2, -0.15) is 0 Å². The Morgan fingerprint density at radius 3 is 2.60 bits per heavy atom. The summed E-state index contributed by atoms with van der Waals surface area (Å²) in [4.78, 5) is 25.9. The first-order chi connectivity index (χ1) is 11.8. The van der Waals surface area contributed by atoms with Crippen LogP contribution in [0.5, 0.6) is 0 Å². The molecule has 0 radical (unpaired) electrons. The normalized spacial score (nSPS) is 23.6. The first kappa shape index (κ1) is 21.7. The van der Waals surface area contributed by atoms with E-state index in [1.807, 2.05) is 27.9 Å². The van der Waals surface area contributed by atoms with E-state index >= 15 is 0 Å². The number of ether oxygens (including phenoxy) is 1. The van der Waals surface area contributed by atoms with Gasteiger partial charge in [-0.3, -0.25) is 4.79 Å². The molecule has 0 aliphatic carbocycles. The molecule has 0 unspecified atom stereocenters. The third-order valence-electron chi connectivity index (χ3n) is 4.05. The van der Waals surface area contributed by atoms with Gasteiger partial charge in [0, 0.05) is 12.6 Å². The fourth-order valence-corrected chi connectivity index (χ4v) is 2.82. The minimum absolute atomic E-state index is 0.0376. The lowest BCUT2D eigenvalue weighted by atomic mass is 9.97. The first-order valence-electron chi connectivity index (χ1n) is 9.06. The van der Waals surface area contributed by atoms with Crippen molar-refractivity contribution in [3.8, 4) is 0 Å². The van der Waals surface area contributed by atoms with Crippen LogP contribution < -0.4 is 16.0 Å². The number of nitrogens with zero attached hydrogens (tertiary/aromatic N) is 1. The Bertz CT molecular complexity index is 417. The van der Waals surface area contributed by atoms with Gasteiger partial charge in [0.05, 0.1) is 25.2 Å². The lowest BCUT2D eigenvalue weighted by molar-refractivity contribution is -0.130. The van der Waals surface area contributed by atoms with E-state index in [0.717, 1.165) is 13.0 Å². The van der Waals surface area contributed by atoms with E-state index < -0.39 is 6.10 Å². The van der Waals surface area contributed by atoms with Gasteiger partial charge in [-0.05, 0) is 53.8 Å². The second kappa shape index (κ2) is 11.3. The van der Waals surface area contributed by atoms with Crippen LogP contribution in [-0.2, 0) is 9.53 Å². The third kappa shape index (κ3) is 9.04. The van der Waals surface area contributed by atoms with Crippen molar-refractivity contribution in [2.45, 2.75) is 63.8 Å². The molecule has 8 nitrogen and oxygen atoms in total. The van der Waals surface area contributed by atoms with Crippen molar-refractivity contribution in [1.82, 2.24) is 20.9 Å². The molecule has 1 rings (SSSR count). The summed E-state index contributed by atoms with van der Waals surface area (Å²) in [5, 5.41) is 18.0. The molecule has 1 aliphatic heterocycles. The summed E-state index contributed by atoms with van der Waals surface area (Å²) in [6, 6.07) is -0.469. The molecule has 0 bridgehead atoms. The predicted octanol–water partition coefficient (Wildman–Crippen LogP) is 0.0605. The Labute approximate surface area is 150 Å². The van der Waals surface area contributed by atoms with Crippen molar-refractivity contribution in [3.05, 3.63) is 0 Å². The number of nitrogens with one attached hydrogen (secondary N) is 3. The van der Waals surface area contributed by atoms with E-state index in [-0.39, 0.29) is 43.2 Å². The number of aliphatic hydroxyl groups excluding tert-OH is 1. The number of amides is 3. The van der Waals surface area contributed by atoms with Gasteiger partial charge in [0.25, 0.3) is 0 Å². The average molecular weight is 358 g/mol. The maximum Gasteiger partial charge on any atom is 0.315 e. The molecule has 0 aromatic rings. The van der Waals surface area contributed by atoms with E-state index in [1.165, 1.54) is 0 Å². The van der Waals surface area contributed by atoms with Crippen LogP contribution in [0.2, 0.25) is 0 Å². The zero-order chi connectivity index (χ0) is 18.8. The van der Waals surface area contributed by atoms with Crippen molar-refractivity contribution in [2.24, 2.45) is 0 Å². The van der Waals surface area contributed by atoms with Gasteiger partial charge < -0.3 is 30.7 Å². The summed E-state index contributed by atoms with van der Waals surface area (Å²) in [6.07, 6.45) is 1.82. The van der Waals surface area contributed by atoms with Crippen molar-refractivity contribution >= 4 is 11.9 Å². The van der Waals surface area contributed by atoms with Gasteiger partial charge in [-0.1, -0.05) is 0 Å². The minimum Gasteiger partial charge on any atom is -0.394 e. The summed E-state index contributed by atoms with van der Waals surface area (Å²) in [6.45, 7) is 5.15. The molecule has 8 heteroatoms. The summed E-state index contributed by atoms with van der Waals surface area (Å²) >= 11 is 0. The van der Waals surface area contributed by atoms with Crippen molar-refractivity contribution in [1.29, 1.82) is 0 Å². The lowest BCUT2D eigenvalue weighted by Gasteiger charge is -2.36. The van der Waals surface area contributed by atoms with Gasteiger partial charge in [0.2, 0.25) is 5.91 Å². The molecule has 1 aliphatic rings. The molecule has 0 spiro atoms. The first-order valence-corrected chi connectivity index (χ1v) is 9.06. The summed E-state index contributed by atoms with van der Waals surface area (Å²) in [5.41, 5.74) is 0. The second-order valence-electron chi connectivity index (χ2n) is 7.15. The average Bonchev–Trinajstić information content (AvgIpc) is 2.52. The zero-order valence-corrected chi connectivity index (χ0v) is 15.9. The van der Waals surface area contributed by atoms with Gasteiger partial charge >= 0.3 is 6.03 Å². The maximum absolute atomic E-state index is 12.0. The standard InChI is InChI=1S/C17H34N4O4/c1-12(2)19-17(24)20-14-7-6-13(25-15(14)11-22)10-16(23)18-8-5-9-21(3)4/h12-15,22H,5-11H2,1-4H3,(H,18,23)(H2,19,20,24)/t13-,14+,15+/m1/s1. The van der Waals surface area contributed by atoms with Crippen LogP contribution >= 0.6 is 0 Å². The zero-order valence-electron chi connectivity index (χ0n) is 15.9. The highest BCUT2D eigenvalue weighted by Gasteiger charge is 2.32. The molecule has 4 N–H and O–H groups in total. The topological polar surface area (TPSA) is 103 Å². The van der Waals surface area contributed by atoms with Crippen molar-refractivity contribution in [3.63, 3.8) is 0 Å². The Morgan fingerprint density at radius 1 is 1.28 bits per heavy atom. The molecule has 25 heavy (non-hydrogen) atoms. The van der Waals surface area contributed by atoms with E-state index in [1.54, 1.807) is 0 Å². The fraction of sp³-hybridized carbons (Fsp3) is 0.882. The molecule has 146 valence electrons. The number of urea groups is 1. The molecule has 1 saturated heterocycles. The van der Waals surface area contributed by atoms with Crippen molar-refractivity contribution < 1.29 is 19.4 Å². The smallest absolute Gasteiger partial charge is 0.315 e. The molecular weight excluding hydrogens is 324 g/mol. The largest absolute Gasteiger partial charge is 0.394 e. The van der Waals surface area contributed by atoms with Gasteiger partial charge in [0.15, 0.2) is 0 Å². The number of aliphatic hydroxyl groups is 1. The van der Waals surface area contributed by atoms with E-state index in [2.05, 4.69) is 20.9 Å². The molecular formula is C17H34N4O4. The van der Waals surface area contributed by atoms with Crippen LogP contribution in [-0.4, -0.2) is 80.0 Å². The molecule has 1 heterocycles. The second-order valence-corrected chi connectivity index (χ2v) is 7.15. The fourth-order valence-electron chi connectivity index (χ4n) is 2.82. The molecule has 0 aromatic carbocycles. The van der Waals surface area contributed by atoms with E-state index in [4.69, 9.17) is 4.74 Å². The Hall–Kier alpha value is -1.38. The van der Waals surface area contributed by atoms with Crippen LogP contribution in [0.3, 0.4) is 0 Å². The van der Waals surface area contributed by atoms with Gasteiger partial charge in [0.1, 0.15) is 6.10 Å². The lowest BCUT2D eigenvalue weighted by Crippen LogP contribution is -2.54. The van der Waals surface area contributed by atoms with E-state index in [0.29, 0.717) is 19.4 Å². The van der Waals surface area contributed by atoms with Crippen LogP contribution in [0.4, 0.5) is 4.79 Å². The summed E-state index contributed by atoms with van der Waals surface area (Å²) in [7, 11) is 4.00. The molecule has 3 amide bonds.